The zero-order valence-electron chi connectivity index (χ0n) is 26.6. The molecule has 0 unspecified atom stereocenters. The van der Waals surface area contributed by atoms with Crippen LogP contribution in [-0.4, -0.2) is 85.8 Å². The van der Waals surface area contributed by atoms with E-state index < -0.39 is 16.1 Å². The topological polar surface area (TPSA) is 121 Å². The Balaban J connectivity index is 1.64. The van der Waals surface area contributed by atoms with E-state index in [-0.39, 0.29) is 46.8 Å². The van der Waals surface area contributed by atoms with E-state index in [1.54, 1.807) is 54.5 Å². The fourth-order valence-electron chi connectivity index (χ4n) is 5.43. The summed E-state index contributed by atoms with van der Waals surface area (Å²) in [5.41, 5.74) is 1.62. The Morgan fingerprint density at radius 3 is 2.53 bits per heavy atom. The minimum absolute atomic E-state index is 0.0751. The van der Waals surface area contributed by atoms with E-state index in [0.29, 0.717) is 25.4 Å². The molecule has 45 heavy (non-hydrogen) atoms. The van der Waals surface area contributed by atoms with Crippen LogP contribution in [0.5, 0.6) is 5.75 Å². The van der Waals surface area contributed by atoms with Gasteiger partial charge in [-0.3, -0.25) is 19.4 Å². The van der Waals surface area contributed by atoms with Crippen LogP contribution >= 0.6 is 0 Å². The Hall–Kier alpha value is -3.51. The summed E-state index contributed by atoms with van der Waals surface area (Å²) in [6.07, 6.45) is 5.73. The molecule has 1 aliphatic heterocycles. The van der Waals surface area contributed by atoms with Crippen LogP contribution in [0.3, 0.4) is 0 Å². The molecule has 10 nitrogen and oxygen atoms in total. The van der Waals surface area contributed by atoms with Crippen molar-refractivity contribution in [1.29, 1.82) is 0 Å². The zero-order valence-corrected chi connectivity index (χ0v) is 27.4. The number of hydrogen-bond acceptors (Lipinski definition) is 8. The summed E-state index contributed by atoms with van der Waals surface area (Å²) >= 11 is 0. The third-order valence-electron chi connectivity index (χ3n) is 8.05. The van der Waals surface area contributed by atoms with Gasteiger partial charge in [-0.05, 0) is 88.2 Å². The van der Waals surface area contributed by atoms with Gasteiger partial charge in [0.15, 0.2) is 0 Å². The molecule has 3 aromatic rings. The van der Waals surface area contributed by atoms with Crippen LogP contribution in [-0.2, 0) is 21.3 Å². The minimum atomic E-state index is -3.88. The number of fused-ring (bicyclic) bond motifs is 1. The molecule has 2 aromatic carbocycles. The van der Waals surface area contributed by atoms with Crippen molar-refractivity contribution in [3.8, 4) is 5.75 Å². The Morgan fingerprint density at radius 2 is 1.82 bits per heavy atom. The van der Waals surface area contributed by atoms with Crippen LogP contribution in [0.2, 0.25) is 0 Å². The Labute approximate surface area is 267 Å². The van der Waals surface area contributed by atoms with Crippen LogP contribution in [0, 0.1) is 5.92 Å². The fraction of sp³-hybridized carbons (Fsp3) is 0.471. The smallest absolute Gasteiger partial charge is 0.261 e. The van der Waals surface area contributed by atoms with Gasteiger partial charge in [0.05, 0.1) is 35.3 Å². The lowest BCUT2D eigenvalue weighted by atomic mass is 10.0. The SMILES string of the molecule is C[C@@H]1CCCCO[C@H](CN(C)Cc2ccncc2)[C@H](C)CN([C@@H](C)CO)C(=O)c2cc(NS(=O)(=O)c3ccccc3)ccc2O1. The van der Waals surface area contributed by atoms with Crippen LogP contribution in [0.1, 0.15) is 56.0 Å². The number of aromatic nitrogens is 1. The second-order valence-electron chi connectivity index (χ2n) is 12.0. The molecule has 1 aromatic heterocycles. The number of carbonyl (C=O) groups is 1. The van der Waals surface area contributed by atoms with E-state index in [9.17, 15) is 18.3 Å². The number of anilines is 1. The molecular formula is C34H46N4O6S. The third-order valence-corrected chi connectivity index (χ3v) is 9.45. The van der Waals surface area contributed by atoms with Crippen molar-refractivity contribution in [2.24, 2.45) is 5.92 Å². The number of aliphatic hydroxyl groups is 1. The highest BCUT2D eigenvalue weighted by Gasteiger charge is 2.30. The van der Waals surface area contributed by atoms with Crippen molar-refractivity contribution in [1.82, 2.24) is 14.8 Å². The molecule has 244 valence electrons. The van der Waals surface area contributed by atoms with E-state index in [1.165, 1.54) is 18.2 Å². The van der Waals surface area contributed by atoms with E-state index in [2.05, 4.69) is 21.5 Å². The van der Waals surface area contributed by atoms with Gasteiger partial charge in [0.25, 0.3) is 15.9 Å². The molecule has 4 rings (SSSR count). The summed E-state index contributed by atoms with van der Waals surface area (Å²) in [5, 5.41) is 10.2. The summed E-state index contributed by atoms with van der Waals surface area (Å²) < 4.78 is 41.5. The quantitative estimate of drug-likeness (QED) is 0.343. The highest BCUT2D eigenvalue weighted by Crippen LogP contribution is 2.29. The van der Waals surface area contributed by atoms with Crippen LogP contribution in [0.25, 0.3) is 0 Å². The lowest BCUT2D eigenvalue weighted by Crippen LogP contribution is -2.47. The normalized spacial score (nSPS) is 21.0. The van der Waals surface area contributed by atoms with E-state index >= 15 is 0 Å². The maximum atomic E-state index is 14.3. The Morgan fingerprint density at radius 1 is 1.09 bits per heavy atom. The largest absolute Gasteiger partial charge is 0.490 e. The summed E-state index contributed by atoms with van der Waals surface area (Å²) in [5.74, 6) is -0.0546. The third kappa shape index (κ3) is 9.74. The molecule has 2 N–H and O–H groups in total. The number of sulfonamides is 1. The highest BCUT2D eigenvalue weighted by atomic mass is 32.2. The van der Waals surface area contributed by atoms with Crippen molar-refractivity contribution in [3.63, 3.8) is 0 Å². The molecule has 0 saturated carbocycles. The maximum Gasteiger partial charge on any atom is 0.261 e. The maximum absolute atomic E-state index is 14.3. The monoisotopic (exact) mass is 638 g/mol. The minimum Gasteiger partial charge on any atom is -0.490 e. The molecule has 0 aliphatic carbocycles. The predicted octanol–water partition coefficient (Wildman–Crippen LogP) is 4.81. The second kappa shape index (κ2) is 16.2. The van der Waals surface area contributed by atoms with Gasteiger partial charge in [-0.2, -0.15) is 0 Å². The number of amides is 1. The van der Waals surface area contributed by atoms with Gasteiger partial charge in [0, 0.05) is 50.2 Å². The molecule has 11 heteroatoms. The number of nitrogens with one attached hydrogen (secondary N) is 1. The first-order chi connectivity index (χ1) is 21.6. The lowest BCUT2D eigenvalue weighted by molar-refractivity contribution is -0.0177. The first kappa shape index (κ1) is 34.4. The van der Waals surface area contributed by atoms with Gasteiger partial charge in [0.2, 0.25) is 0 Å². The van der Waals surface area contributed by atoms with Gasteiger partial charge in [-0.15, -0.1) is 0 Å². The number of benzene rings is 2. The fourth-order valence-corrected chi connectivity index (χ4v) is 6.50. The number of hydrogen-bond donors (Lipinski definition) is 2. The molecule has 1 amide bonds. The molecule has 0 spiro atoms. The average Bonchev–Trinajstić information content (AvgIpc) is 3.03. The van der Waals surface area contributed by atoms with Gasteiger partial charge in [-0.1, -0.05) is 25.1 Å². The van der Waals surface area contributed by atoms with Crippen LogP contribution in [0.15, 0.2) is 78.0 Å². The molecule has 0 radical (unpaired) electrons. The number of pyridine rings is 1. The number of aliphatic hydroxyl groups excluding tert-OH is 1. The van der Waals surface area contributed by atoms with E-state index in [4.69, 9.17) is 9.47 Å². The molecule has 0 bridgehead atoms. The van der Waals surface area contributed by atoms with Gasteiger partial charge in [0.1, 0.15) is 5.75 Å². The number of ether oxygens (including phenoxy) is 2. The molecule has 1 aliphatic rings. The number of carbonyl (C=O) groups excluding carboxylic acids is 1. The zero-order chi connectivity index (χ0) is 32.4. The Kier molecular flexibility index (Phi) is 12.3. The van der Waals surface area contributed by atoms with Crippen molar-refractivity contribution < 1.29 is 27.8 Å². The summed E-state index contributed by atoms with van der Waals surface area (Å²) in [6.45, 7) is 7.88. The predicted molar refractivity (Wildman–Crippen MR) is 175 cm³/mol. The van der Waals surface area contributed by atoms with Gasteiger partial charge in [-0.25, -0.2) is 8.42 Å². The highest BCUT2D eigenvalue weighted by molar-refractivity contribution is 7.92. The van der Waals surface area contributed by atoms with Crippen molar-refractivity contribution >= 4 is 21.6 Å². The second-order valence-corrected chi connectivity index (χ2v) is 13.7. The van der Waals surface area contributed by atoms with Crippen molar-refractivity contribution in [3.05, 3.63) is 84.2 Å². The van der Waals surface area contributed by atoms with Crippen LogP contribution < -0.4 is 9.46 Å². The van der Waals surface area contributed by atoms with Crippen molar-refractivity contribution in [2.45, 2.75) is 69.7 Å². The molecule has 2 heterocycles. The molecule has 4 atom stereocenters. The van der Waals surface area contributed by atoms with Crippen LogP contribution in [0.4, 0.5) is 5.69 Å². The summed E-state index contributed by atoms with van der Waals surface area (Å²) in [6, 6.07) is 16.3. The van der Waals surface area contributed by atoms with Gasteiger partial charge >= 0.3 is 0 Å². The molecular weight excluding hydrogens is 592 g/mol. The van der Waals surface area contributed by atoms with E-state index in [1.807, 2.05) is 26.1 Å². The van der Waals surface area contributed by atoms with Crippen molar-refractivity contribution in [2.75, 3.05) is 38.1 Å². The molecule has 0 fully saturated rings. The Bertz CT molecular complexity index is 1470. The standard InChI is InChI=1S/C34H46N4O6S/c1-25-21-38(26(2)24-39)34(40)31-20-29(36-45(41,42)30-11-6-5-7-12-30)13-14-32(31)44-27(3)10-8-9-19-43-33(25)23-37(4)22-28-15-17-35-18-16-28/h5-7,11-18,20,25-27,33,36,39H,8-10,19,21-24H2,1-4H3/t25-,26+,27-,33-/m1/s1. The van der Waals surface area contributed by atoms with Gasteiger partial charge < -0.3 is 19.5 Å². The average molecular weight is 639 g/mol. The summed E-state index contributed by atoms with van der Waals surface area (Å²) in [7, 11) is -1.83. The first-order valence-electron chi connectivity index (χ1n) is 15.6. The number of likely N-dealkylation sites (N-methyl/N-ethyl adjacent to an activating group) is 1. The number of nitrogens with zero attached hydrogens (tertiary/aromatic N) is 3. The first-order valence-corrected chi connectivity index (χ1v) is 17.0. The molecule has 0 saturated heterocycles. The van der Waals surface area contributed by atoms with E-state index in [0.717, 1.165) is 31.4 Å². The lowest BCUT2D eigenvalue weighted by Gasteiger charge is -2.36. The summed E-state index contributed by atoms with van der Waals surface area (Å²) in [4.78, 5) is 22.4. The number of rotatable bonds is 9.